The van der Waals surface area contributed by atoms with Gasteiger partial charge in [-0.15, -0.1) is 0 Å². The number of anilines is 7. The van der Waals surface area contributed by atoms with Crippen molar-refractivity contribution in [1.29, 1.82) is 0 Å². The van der Waals surface area contributed by atoms with Crippen LogP contribution in [0.2, 0.25) is 0 Å². The number of carbonyl (C=O) groups excluding carboxylic acids is 1. The molecule has 140 heavy (non-hydrogen) atoms. The predicted octanol–water partition coefficient (Wildman–Crippen LogP) is 11.6. The molecule has 0 radical (unpaired) electrons. The molecule has 0 atom stereocenters. The number of fused-ring (bicyclic) bond motifs is 6. The van der Waals surface area contributed by atoms with Gasteiger partial charge in [0, 0.05) is 174 Å². The van der Waals surface area contributed by atoms with Gasteiger partial charge in [0.2, 0.25) is 0 Å². The van der Waals surface area contributed by atoms with Crippen LogP contribution in [-0.2, 0) is 108 Å². The number of nitrogen functional groups attached to an aromatic ring is 1. The summed E-state index contributed by atoms with van der Waals surface area (Å²) in [5.41, 5.74) is 9.63. The van der Waals surface area contributed by atoms with Crippen molar-refractivity contribution in [3.63, 3.8) is 0 Å². The second-order valence-electron chi connectivity index (χ2n) is 35.9. The Morgan fingerprint density at radius 2 is 0.900 bits per heavy atom. The van der Waals surface area contributed by atoms with E-state index < -0.39 is 66.7 Å². The fraction of sp³-hybridized carbons (Fsp3) is 0.443. The van der Waals surface area contributed by atoms with Crippen LogP contribution in [0, 0.1) is 15.9 Å². The fourth-order valence-electron chi connectivity index (χ4n) is 16.1. The molecule has 52 heteroatoms. The molecule has 1 aromatic carbocycles. The summed E-state index contributed by atoms with van der Waals surface area (Å²) in [4.78, 5) is 97.4. The van der Waals surface area contributed by atoms with Crippen LogP contribution < -0.4 is 54.9 Å². The number of benzene rings is 1. The molecule has 750 valence electrons. The molecule has 17 heterocycles. The minimum atomic E-state index is -2.44. The number of nitrogens with one attached hydrogen (secondary N) is 3. The quantitative estimate of drug-likeness (QED) is 0.0171. The number of aldehydes is 1. The zero-order chi connectivity index (χ0) is 102. The van der Waals surface area contributed by atoms with Crippen molar-refractivity contribution >= 4 is 124 Å². The first-order valence-electron chi connectivity index (χ1n) is 43.9. The Morgan fingerprint density at radius 3 is 1.33 bits per heavy atom. The topological polar surface area (TPSA) is 382 Å². The summed E-state index contributed by atoms with van der Waals surface area (Å²) in [6.07, 6.45) is -1.90. The molecule has 1 saturated heterocycles. The third-order valence-electron chi connectivity index (χ3n) is 23.8. The Hall–Kier alpha value is -11.9. The van der Waals surface area contributed by atoms with Gasteiger partial charge in [-0.1, -0.05) is 20.8 Å². The number of aryl methyl sites for hydroxylation is 4. The van der Waals surface area contributed by atoms with E-state index in [2.05, 4.69) is 99.3 Å². The minimum Gasteiger partial charge on any atom is -0.399 e. The van der Waals surface area contributed by atoms with E-state index in [1.165, 1.54) is 53.7 Å². The predicted molar refractivity (Wildman–Crippen MR) is 512 cm³/mol. The van der Waals surface area contributed by atoms with E-state index in [9.17, 15) is 82.8 Å². The second kappa shape index (κ2) is 44.5. The molecular formula is C88H102BBr3F11N27O10. The Labute approximate surface area is 818 Å². The van der Waals surface area contributed by atoms with Crippen LogP contribution in [0.15, 0.2) is 147 Å². The summed E-state index contributed by atoms with van der Waals surface area (Å²) < 4.78 is 170. The Morgan fingerprint density at radius 1 is 0.507 bits per heavy atom. The molecule has 1 fully saturated rings. The second-order valence-corrected chi connectivity index (χ2v) is 38.6. The van der Waals surface area contributed by atoms with E-state index in [1.807, 2.05) is 48.5 Å². The average molecular weight is 2160 g/mol. The standard InChI is InChI=1S/C32H31F3N8O3.C20H28BF2N5O3.C14H16BrF2N5O.C8H10F2N4O2.C8H12F2N4.C6H5Br2NO/c1-32(2,3)20-9-18-13-37-43(31(46)28(18)24(33)11-20)29-23(17-44)22(5-6-36-29)19-10-25(30(45)40(4)14-19)38-27-12-21-15-41(16-26(34)35)7-8-42(21)39-27;1-19(2)20(3,4)31-21(30-19)13-8-15(18(29)26(5)10-13)24-17-9-14-11-27(12-16(22)23)6-7-28(14)25-17;1-20-6-9(15)4-11(14(20)23)18-13-5-10-7-21(8-12(16)17)2-3-22(10)19-13;9-7(10)5-12-1-2-13-6(4-12)3-8(11-13)14(15)16;9-7(10)5-13-1-2-14-6(4-13)3-8(11)12-14;1-9-3-4(7)2-5(8)6(9)10/h5-6,9-14,17,26H,7-8,15-16H2,1-4H3,(H,38,39);8-10,16H,6-7,11-12H2,1-5H3,(H,24,25);4-6,12H,2-3,7-8H2,1H3,(H,18,19);3,7H,1-2,4-5H2;3,7H,1-2,4-5H2,(H2,11,12);2-3H,1H3. The van der Waals surface area contributed by atoms with Crippen LogP contribution in [-0.4, -0.2) is 234 Å². The molecule has 0 unspecified atom stereocenters. The van der Waals surface area contributed by atoms with Gasteiger partial charge in [-0.3, -0.25) is 72.0 Å². The van der Waals surface area contributed by atoms with E-state index in [0.29, 0.717) is 165 Å². The maximum absolute atomic E-state index is 15.3. The molecular weight excluding hydrogens is 2050 g/mol. The van der Waals surface area contributed by atoms with Gasteiger partial charge >= 0.3 is 12.9 Å². The first kappa shape index (κ1) is 105. The van der Waals surface area contributed by atoms with Crippen molar-refractivity contribution in [1.82, 2.24) is 106 Å². The highest BCUT2D eigenvalue weighted by atomic mass is 79.9. The van der Waals surface area contributed by atoms with Gasteiger partial charge in [-0.2, -0.15) is 34.9 Å². The largest absolute Gasteiger partial charge is 0.496 e. The summed E-state index contributed by atoms with van der Waals surface area (Å²) in [5, 5.41) is 45.1. The number of carbonyl (C=O) groups is 1. The zero-order valence-electron chi connectivity index (χ0n) is 77.8. The lowest BCUT2D eigenvalue weighted by molar-refractivity contribution is -0.389. The van der Waals surface area contributed by atoms with Crippen molar-refractivity contribution in [3.8, 4) is 16.9 Å². The van der Waals surface area contributed by atoms with Crippen LogP contribution >= 0.6 is 47.8 Å². The van der Waals surface area contributed by atoms with E-state index in [1.54, 1.807) is 151 Å². The third-order valence-corrected chi connectivity index (χ3v) is 25.3. The van der Waals surface area contributed by atoms with Gasteiger partial charge < -0.3 is 59.4 Å². The normalized spacial score (nSPS) is 15.8. The fourth-order valence-corrected chi connectivity index (χ4v) is 18.1. The highest BCUT2D eigenvalue weighted by Crippen LogP contribution is 2.38. The number of nitro groups is 1. The Bertz CT molecular complexity index is 6790. The van der Waals surface area contributed by atoms with Crippen molar-refractivity contribution in [3.05, 3.63) is 231 Å². The lowest BCUT2D eigenvalue weighted by Crippen LogP contribution is -2.41. The summed E-state index contributed by atoms with van der Waals surface area (Å²) in [6, 6.07) is 19.6. The molecule has 0 amide bonds. The van der Waals surface area contributed by atoms with Crippen molar-refractivity contribution in [2.24, 2.45) is 28.2 Å². The van der Waals surface area contributed by atoms with Crippen LogP contribution in [0.3, 0.4) is 0 Å². The van der Waals surface area contributed by atoms with Crippen LogP contribution in [0.1, 0.15) is 92.9 Å². The molecule has 12 aromatic rings. The number of pyridine rings is 5. The van der Waals surface area contributed by atoms with Gasteiger partial charge in [0.15, 0.2) is 29.6 Å². The van der Waals surface area contributed by atoms with Crippen molar-refractivity contribution < 1.29 is 67.3 Å². The Balaban J connectivity index is 0.000000152. The lowest BCUT2D eigenvalue weighted by atomic mass is 9.80. The van der Waals surface area contributed by atoms with Gasteiger partial charge in [0.05, 0.1) is 138 Å². The number of hydrogen-bond acceptors (Lipinski definition) is 26. The zero-order valence-corrected chi connectivity index (χ0v) is 82.6. The summed E-state index contributed by atoms with van der Waals surface area (Å²) in [5.74, 6) is 0.817. The molecule has 11 aromatic heterocycles. The summed E-state index contributed by atoms with van der Waals surface area (Å²) in [6.45, 7) is 19.4. The van der Waals surface area contributed by atoms with E-state index in [0.717, 1.165) is 41.9 Å². The molecule has 6 aliphatic heterocycles. The van der Waals surface area contributed by atoms with Gasteiger partial charge in [-0.05, 0) is 139 Å². The summed E-state index contributed by atoms with van der Waals surface area (Å²) in [7, 11) is 5.99. The molecule has 6 aliphatic rings. The first-order chi connectivity index (χ1) is 66.0. The molecule has 5 N–H and O–H groups in total. The molecule has 0 aliphatic carbocycles. The first-order valence-corrected chi connectivity index (χ1v) is 46.3. The monoisotopic (exact) mass is 2150 g/mol. The van der Waals surface area contributed by atoms with E-state index in [4.69, 9.17) is 15.0 Å². The SMILES string of the molecule is Cn1cc(-c2ccnc(-n3ncc4cc(C(C)(C)C)cc(F)c4c3=O)c2C=O)cc(Nc2cc3n(n2)CCN(CC(F)F)C3)c1=O.Cn1cc(B2OC(C)(C)C(C)(C)O2)cc(Nc2cc3n(n2)CCN(CC(F)F)C3)c1=O.Cn1cc(Br)cc(Br)c1=O.Cn1cc(Br)cc(Nc2cc3n(n2)CCN(CC(F)F)C3)c1=O.Nc1cc2n(n1)CCN(CC(F)F)C2.O=[N+]([O-])c1cc2n(n1)CCN(CC(F)F)C2. The van der Waals surface area contributed by atoms with E-state index in [-0.39, 0.29) is 95.2 Å². The maximum Gasteiger partial charge on any atom is 0.496 e. The molecule has 0 spiro atoms. The van der Waals surface area contributed by atoms with Gasteiger partial charge in [0.1, 0.15) is 28.7 Å². The highest BCUT2D eigenvalue weighted by Gasteiger charge is 2.52. The smallest absolute Gasteiger partial charge is 0.399 e. The minimum absolute atomic E-state index is 0.00402. The number of nitrogens with zero attached hydrogens (tertiary/aromatic N) is 23. The van der Waals surface area contributed by atoms with Gasteiger partial charge in [-0.25, -0.2) is 53.3 Å². The number of alkyl halides is 10. The molecule has 18 rings (SSSR count). The number of nitrogens with two attached hydrogens (primary N) is 1. The highest BCUT2D eigenvalue weighted by molar-refractivity contribution is 9.11. The van der Waals surface area contributed by atoms with E-state index >= 15 is 4.39 Å². The number of aromatic nitrogens is 17. The van der Waals surface area contributed by atoms with Crippen molar-refractivity contribution in [2.45, 2.75) is 163 Å². The lowest BCUT2D eigenvalue weighted by Gasteiger charge is -2.32. The number of halogens is 14. The maximum atomic E-state index is 15.3. The molecule has 0 bridgehead atoms. The number of hydrogen-bond donors (Lipinski definition) is 4. The summed E-state index contributed by atoms with van der Waals surface area (Å²) >= 11 is 9.74. The van der Waals surface area contributed by atoms with Crippen LogP contribution in [0.25, 0.3) is 27.7 Å². The van der Waals surface area contributed by atoms with Gasteiger partial charge in [0.25, 0.3) is 59.9 Å². The molecule has 0 saturated carbocycles. The van der Waals surface area contributed by atoms with Crippen LogP contribution in [0.4, 0.5) is 94.4 Å². The Kier molecular flexibility index (Phi) is 33.5. The third kappa shape index (κ3) is 26.1. The molecule has 37 nitrogen and oxygen atoms in total. The average Bonchev–Trinajstić information content (AvgIpc) is 1.65. The number of rotatable bonds is 21. The van der Waals surface area contributed by atoms with Crippen molar-refractivity contribution in [2.75, 3.05) is 87.1 Å². The van der Waals surface area contributed by atoms with Crippen LogP contribution in [0.5, 0.6) is 0 Å².